The highest BCUT2D eigenvalue weighted by atomic mass is 19.4. The van der Waals surface area contributed by atoms with Crippen molar-refractivity contribution >= 4 is 6.03 Å². The van der Waals surface area contributed by atoms with Crippen LogP contribution in [0.2, 0.25) is 0 Å². The Balaban J connectivity index is 1.58. The second-order valence-electron chi connectivity index (χ2n) is 10.5. The third kappa shape index (κ3) is 5.60. The summed E-state index contributed by atoms with van der Waals surface area (Å²) in [4.78, 5) is 21.5. The molecule has 0 radical (unpaired) electrons. The SMILES string of the molecule is CC(C)(C)c1noc(C2CC(c3ccc(C(F)(F)F)cc3)CN(C(=O)N3CCC(C#N)CC3)C2)n1. The van der Waals surface area contributed by atoms with Crippen LogP contribution in [-0.2, 0) is 11.6 Å². The molecule has 2 aromatic rings. The summed E-state index contributed by atoms with van der Waals surface area (Å²) >= 11 is 0. The molecule has 3 heterocycles. The molecule has 2 amide bonds. The number of carbonyl (C=O) groups is 1. The smallest absolute Gasteiger partial charge is 0.339 e. The average molecular weight is 490 g/mol. The van der Waals surface area contributed by atoms with Crippen LogP contribution in [0, 0.1) is 17.2 Å². The van der Waals surface area contributed by atoms with Gasteiger partial charge in [-0.15, -0.1) is 0 Å². The minimum Gasteiger partial charge on any atom is -0.339 e. The Kier molecular flexibility index (Phi) is 6.80. The van der Waals surface area contributed by atoms with Crippen LogP contribution in [0.3, 0.4) is 0 Å². The van der Waals surface area contributed by atoms with Crippen LogP contribution >= 0.6 is 0 Å². The maximum atomic E-state index is 13.4. The second-order valence-corrected chi connectivity index (χ2v) is 10.5. The van der Waals surface area contributed by atoms with E-state index in [0.717, 1.165) is 17.7 Å². The molecule has 0 spiro atoms. The number of hydrogen-bond donors (Lipinski definition) is 0. The first-order valence-electron chi connectivity index (χ1n) is 11.9. The number of likely N-dealkylation sites (tertiary alicyclic amines) is 2. The number of rotatable bonds is 2. The van der Waals surface area contributed by atoms with E-state index in [9.17, 15) is 18.0 Å². The van der Waals surface area contributed by atoms with Gasteiger partial charge in [0, 0.05) is 43.4 Å². The molecule has 0 bridgehead atoms. The van der Waals surface area contributed by atoms with E-state index in [1.807, 2.05) is 20.8 Å². The molecule has 0 saturated carbocycles. The van der Waals surface area contributed by atoms with Crippen molar-refractivity contribution < 1.29 is 22.5 Å². The first kappa shape index (κ1) is 25.0. The quantitative estimate of drug-likeness (QED) is 0.570. The van der Waals surface area contributed by atoms with Crippen molar-refractivity contribution in [2.24, 2.45) is 5.92 Å². The van der Waals surface area contributed by atoms with E-state index in [-0.39, 0.29) is 29.2 Å². The van der Waals surface area contributed by atoms with E-state index in [4.69, 9.17) is 9.78 Å². The number of nitrogens with zero attached hydrogens (tertiary/aromatic N) is 5. The number of alkyl halides is 3. The van der Waals surface area contributed by atoms with Gasteiger partial charge in [0.2, 0.25) is 5.89 Å². The van der Waals surface area contributed by atoms with E-state index in [1.54, 1.807) is 9.80 Å². The third-order valence-electron chi connectivity index (χ3n) is 6.84. The Bertz CT molecular complexity index is 1080. The first-order valence-corrected chi connectivity index (χ1v) is 11.9. The molecule has 0 N–H and O–H groups in total. The lowest BCUT2D eigenvalue weighted by Crippen LogP contribution is -2.51. The van der Waals surface area contributed by atoms with Gasteiger partial charge in [0.1, 0.15) is 0 Å². The fourth-order valence-corrected chi connectivity index (χ4v) is 4.73. The normalized spacial score (nSPS) is 22.2. The molecule has 4 rings (SSSR count). The summed E-state index contributed by atoms with van der Waals surface area (Å²) in [7, 11) is 0. The molecule has 1 aromatic carbocycles. The number of hydrogen-bond acceptors (Lipinski definition) is 5. The lowest BCUT2D eigenvalue weighted by atomic mass is 9.84. The van der Waals surface area contributed by atoms with Crippen molar-refractivity contribution in [3.63, 3.8) is 0 Å². The zero-order valence-corrected chi connectivity index (χ0v) is 20.2. The van der Waals surface area contributed by atoms with E-state index in [0.29, 0.717) is 57.2 Å². The summed E-state index contributed by atoms with van der Waals surface area (Å²) in [5.41, 5.74) is -0.267. The molecule has 35 heavy (non-hydrogen) atoms. The summed E-state index contributed by atoms with van der Waals surface area (Å²) in [6.45, 7) is 7.74. The first-order chi connectivity index (χ1) is 16.5. The number of piperidine rings is 2. The van der Waals surface area contributed by atoms with Crippen LogP contribution in [0.25, 0.3) is 0 Å². The summed E-state index contributed by atoms with van der Waals surface area (Å²) in [6.07, 6.45) is -2.55. The zero-order chi connectivity index (χ0) is 25.4. The van der Waals surface area contributed by atoms with Crippen molar-refractivity contribution in [1.82, 2.24) is 19.9 Å². The molecular weight excluding hydrogens is 459 g/mol. The minimum absolute atomic E-state index is 0.0396. The van der Waals surface area contributed by atoms with E-state index in [1.165, 1.54) is 12.1 Å². The van der Waals surface area contributed by atoms with Gasteiger partial charge >= 0.3 is 12.2 Å². The molecular formula is C25H30F3N5O2. The van der Waals surface area contributed by atoms with E-state index < -0.39 is 11.7 Å². The van der Waals surface area contributed by atoms with Gasteiger partial charge in [0.25, 0.3) is 0 Å². The number of nitriles is 1. The molecule has 2 unspecified atom stereocenters. The Morgan fingerprint density at radius 1 is 1.06 bits per heavy atom. The Hall–Kier alpha value is -3.09. The van der Waals surface area contributed by atoms with Crippen LogP contribution in [0.1, 0.15) is 74.7 Å². The molecule has 188 valence electrons. The average Bonchev–Trinajstić information content (AvgIpc) is 3.34. The summed E-state index contributed by atoms with van der Waals surface area (Å²) in [6, 6.07) is 7.30. The number of benzene rings is 1. The van der Waals surface area contributed by atoms with Gasteiger partial charge in [-0.25, -0.2) is 4.79 Å². The third-order valence-corrected chi connectivity index (χ3v) is 6.84. The lowest BCUT2D eigenvalue weighted by Gasteiger charge is -2.40. The molecule has 10 heteroatoms. The maximum Gasteiger partial charge on any atom is 0.416 e. The van der Waals surface area contributed by atoms with Crippen molar-refractivity contribution in [3.05, 3.63) is 47.1 Å². The van der Waals surface area contributed by atoms with E-state index in [2.05, 4.69) is 16.2 Å². The zero-order valence-electron chi connectivity index (χ0n) is 20.2. The van der Waals surface area contributed by atoms with Crippen LogP contribution in [0.15, 0.2) is 28.8 Å². The van der Waals surface area contributed by atoms with Crippen molar-refractivity contribution in [2.45, 2.75) is 63.5 Å². The number of carbonyl (C=O) groups excluding carboxylic acids is 1. The van der Waals surface area contributed by atoms with Gasteiger partial charge in [-0.05, 0) is 37.0 Å². The highest BCUT2D eigenvalue weighted by Gasteiger charge is 2.38. The van der Waals surface area contributed by atoms with Crippen molar-refractivity contribution in [2.75, 3.05) is 26.2 Å². The van der Waals surface area contributed by atoms with Crippen molar-refractivity contribution in [3.8, 4) is 6.07 Å². The molecule has 2 fully saturated rings. The molecule has 2 atom stereocenters. The molecule has 0 aliphatic carbocycles. The monoisotopic (exact) mass is 489 g/mol. The van der Waals surface area contributed by atoms with Gasteiger partial charge < -0.3 is 14.3 Å². The van der Waals surface area contributed by atoms with Crippen LogP contribution < -0.4 is 0 Å². The van der Waals surface area contributed by atoms with Gasteiger partial charge in [0.05, 0.1) is 17.6 Å². The van der Waals surface area contributed by atoms with Crippen LogP contribution in [0.4, 0.5) is 18.0 Å². The van der Waals surface area contributed by atoms with Gasteiger partial charge in [-0.2, -0.15) is 23.4 Å². The summed E-state index contributed by atoms with van der Waals surface area (Å²) in [5, 5.41) is 13.3. The Morgan fingerprint density at radius 3 is 2.23 bits per heavy atom. The van der Waals surface area contributed by atoms with Gasteiger partial charge in [-0.1, -0.05) is 38.1 Å². The highest BCUT2D eigenvalue weighted by Crippen LogP contribution is 2.38. The standard InChI is InChI=1S/C25H30F3N5O2/c1-24(2,3)22-30-21(35-31-22)19-12-18(17-4-6-20(7-5-17)25(26,27)28)14-33(15-19)23(34)32-10-8-16(13-29)9-11-32/h4-7,16,18-19H,8-12,14-15H2,1-3H3. The fraction of sp³-hybridized carbons (Fsp3) is 0.600. The highest BCUT2D eigenvalue weighted by molar-refractivity contribution is 5.75. The van der Waals surface area contributed by atoms with Crippen molar-refractivity contribution in [1.29, 1.82) is 5.26 Å². The molecule has 2 aliphatic rings. The van der Waals surface area contributed by atoms with Crippen LogP contribution in [0.5, 0.6) is 0 Å². The summed E-state index contributed by atoms with van der Waals surface area (Å²) in [5.74, 6) is 0.553. The van der Waals surface area contributed by atoms with E-state index >= 15 is 0 Å². The number of amides is 2. The fourth-order valence-electron chi connectivity index (χ4n) is 4.73. The Morgan fingerprint density at radius 2 is 1.69 bits per heavy atom. The minimum atomic E-state index is -4.40. The van der Waals surface area contributed by atoms with Crippen LogP contribution in [-0.4, -0.2) is 52.2 Å². The number of halogens is 3. The summed E-state index contributed by atoms with van der Waals surface area (Å²) < 4.78 is 44.8. The maximum absolute atomic E-state index is 13.4. The second kappa shape index (κ2) is 9.51. The molecule has 7 nitrogen and oxygen atoms in total. The lowest BCUT2D eigenvalue weighted by molar-refractivity contribution is -0.137. The van der Waals surface area contributed by atoms with Gasteiger partial charge in [0.15, 0.2) is 5.82 Å². The Labute approximate surface area is 202 Å². The predicted octanol–water partition coefficient (Wildman–Crippen LogP) is 5.31. The van der Waals surface area contributed by atoms with Gasteiger partial charge in [-0.3, -0.25) is 0 Å². The topological polar surface area (TPSA) is 86.3 Å². The molecule has 2 saturated heterocycles. The number of aromatic nitrogens is 2. The molecule has 1 aromatic heterocycles. The predicted molar refractivity (Wildman–Crippen MR) is 121 cm³/mol. The largest absolute Gasteiger partial charge is 0.416 e. The molecule has 2 aliphatic heterocycles. The number of urea groups is 1.